The van der Waals surface area contributed by atoms with Crippen molar-refractivity contribution in [2.75, 3.05) is 0 Å². The average molecular weight is 358 g/mol. The number of benzene rings is 1. The van der Waals surface area contributed by atoms with E-state index in [1.165, 1.54) is 0 Å². The Hall–Kier alpha value is -3.81. The number of nitrogens with zero attached hydrogens (tertiary/aromatic N) is 5. The molecule has 4 aromatic heterocycles. The predicted molar refractivity (Wildman–Crippen MR) is 99.3 cm³/mol. The van der Waals surface area contributed by atoms with Gasteiger partial charge in [-0.25, -0.2) is 9.50 Å². The van der Waals surface area contributed by atoms with Crippen LogP contribution in [0.3, 0.4) is 0 Å². The number of aromatic amines is 1. The van der Waals surface area contributed by atoms with Gasteiger partial charge in [0.1, 0.15) is 0 Å². The summed E-state index contributed by atoms with van der Waals surface area (Å²) in [5, 5.41) is 8.98. The number of hydrogen-bond donors (Lipinski definition) is 1. The highest BCUT2D eigenvalue weighted by Gasteiger charge is 2.15. The molecule has 0 aliphatic heterocycles. The first-order valence-electron chi connectivity index (χ1n) is 8.39. The summed E-state index contributed by atoms with van der Waals surface area (Å²) < 4.78 is 6.84. The van der Waals surface area contributed by atoms with Gasteiger partial charge in [0.15, 0.2) is 22.7 Å². The van der Waals surface area contributed by atoms with E-state index in [4.69, 9.17) is 4.52 Å². The summed E-state index contributed by atoms with van der Waals surface area (Å²) in [7, 11) is 0. The Kier molecular flexibility index (Phi) is 3.20. The Morgan fingerprint density at radius 1 is 1.07 bits per heavy atom. The molecule has 0 atom stereocenters. The summed E-state index contributed by atoms with van der Waals surface area (Å²) in [6.45, 7) is 3.54. The van der Waals surface area contributed by atoms with Crippen molar-refractivity contribution < 1.29 is 4.52 Å². The molecule has 0 amide bonds. The molecule has 0 spiro atoms. The first kappa shape index (κ1) is 15.4. The molecule has 1 N–H and O–H groups in total. The number of aryl methyl sites for hydroxylation is 1. The number of fused-ring (bicyclic) bond motifs is 2. The summed E-state index contributed by atoms with van der Waals surface area (Å²) in [6.07, 6.45) is 1.77. The quantitative estimate of drug-likeness (QED) is 0.520. The maximum atomic E-state index is 12.7. The molecule has 0 saturated carbocycles. The molecule has 5 rings (SSSR count). The number of aromatic nitrogens is 6. The summed E-state index contributed by atoms with van der Waals surface area (Å²) in [5.74, 6) is 1.43. The minimum absolute atomic E-state index is 0.0276. The first-order valence-corrected chi connectivity index (χ1v) is 8.39. The second kappa shape index (κ2) is 5.60. The molecule has 0 aliphatic carbocycles. The largest absolute Gasteiger partial charge is 0.351 e. The fourth-order valence-corrected chi connectivity index (χ4v) is 3.09. The second-order valence-electron chi connectivity index (χ2n) is 6.30. The van der Waals surface area contributed by atoms with Gasteiger partial charge in [0.2, 0.25) is 0 Å². The van der Waals surface area contributed by atoms with Crippen LogP contribution in [0, 0.1) is 13.8 Å². The molecule has 0 unspecified atom stereocenters. The standard InChI is InChI=1S/C19H14N6O2/c1-10-16(21-14-6-4-3-5-13(14)17(10)26)18-22-15-8-7-12(9-25(15)23-18)19-20-11(2)24-27-19/h3-9H,1-2H3,(H,21,26). The van der Waals surface area contributed by atoms with Crippen LogP contribution in [-0.2, 0) is 0 Å². The van der Waals surface area contributed by atoms with Gasteiger partial charge in [-0.3, -0.25) is 4.79 Å². The highest BCUT2D eigenvalue weighted by Crippen LogP contribution is 2.22. The van der Waals surface area contributed by atoms with E-state index in [0.29, 0.717) is 39.8 Å². The van der Waals surface area contributed by atoms with Crippen molar-refractivity contribution in [1.82, 2.24) is 29.7 Å². The maximum absolute atomic E-state index is 12.7. The van der Waals surface area contributed by atoms with Gasteiger partial charge in [-0.15, -0.1) is 5.10 Å². The van der Waals surface area contributed by atoms with E-state index in [1.807, 2.05) is 30.3 Å². The molecule has 0 bridgehead atoms. The van der Waals surface area contributed by atoms with E-state index in [2.05, 4.69) is 25.2 Å². The van der Waals surface area contributed by atoms with Gasteiger partial charge >= 0.3 is 0 Å². The minimum atomic E-state index is -0.0276. The van der Waals surface area contributed by atoms with E-state index < -0.39 is 0 Å². The van der Waals surface area contributed by atoms with Crippen LogP contribution in [0.15, 0.2) is 51.9 Å². The highest BCUT2D eigenvalue weighted by molar-refractivity contribution is 5.82. The third-order valence-electron chi connectivity index (χ3n) is 4.48. The lowest BCUT2D eigenvalue weighted by Crippen LogP contribution is -2.09. The smallest absolute Gasteiger partial charge is 0.259 e. The zero-order chi connectivity index (χ0) is 18.5. The van der Waals surface area contributed by atoms with Gasteiger partial charge in [0.05, 0.1) is 11.3 Å². The number of rotatable bonds is 2. The van der Waals surface area contributed by atoms with Gasteiger partial charge in [-0.2, -0.15) is 4.98 Å². The van der Waals surface area contributed by atoms with Crippen molar-refractivity contribution in [2.24, 2.45) is 0 Å². The number of pyridine rings is 2. The average Bonchev–Trinajstić information content (AvgIpc) is 3.30. The summed E-state index contributed by atoms with van der Waals surface area (Å²) in [6, 6.07) is 11.1. The van der Waals surface area contributed by atoms with Gasteiger partial charge in [0.25, 0.3) is 5.89 Å². The lowest BCUT2D eigenvalue weighted by Gasteiger charge is -2.04. The van der Waals surface area contributed by atoms with Crippen LogP contribution < -0.4 is 5.43 Å². The Balaban J connectivity index is 1.69. The van der Waals surface area contributed by atoms with Crippen LogP contribution in [0.2, 0.25) is 0 Å². The molecule has 0 aliphatic rings. The Morgan fingerprint density at radius 3 is 2.74 bits per heavy atom. The molecule has 1 aromatic carbocycles. The summed E-state index contributed by atoms with van der Waals surface area (Å²) in [5.41, 5.74) is 3.31. The molecule has 132 valence electrons. The third-order valence-corrected chi connectivity index (χ3v) is 4.48. The fourth-order valence-electron chi connectivity index (χ4n) is 3.09. The highest BCUT2D eigenvalue weighted by atomic mass is 16.5. The number of para-hydroxylation sites is 1. The van der Waals surface area contributed by atoms with Crippen molar-refractivity contribution in [3.63, 3.8) is 0 Å². The molecule has 27 heavy (non-hydrogen) atoms. The Bertz CT molecular complexity index is 1380. The van der Waals surface area contributed by atoms with E-state index in [0.717, 1.165) is 11.1 Å². The fraction of sp³-hybridized carbons (Fsp3) is 0.105. The zero-order valence-corrected chi connectivity index (χ0v) is 14.6. The van der Waals surface area contributed by atoms with Crippen LogP contribution in [-0.4, -0.2) is 29.7 Å². The van der Waals surface area contributed by atoms with Gasteiger partial charge in [-0.05, 0) is 38.1 Å². The lowest BCUT2D eigenvalue weighted by atomic mass is 10.1. The van der Waals surface area contributed by atoms with Crippen molar-refractivity contribution in [3.05, 3.63) is 64.2 Å². The maximum Gasteiger partial charge on any atom is 0.259 e. The lowest BCUT2D eigenvalue weighted by molar-refractivity contribution is 0.425. The van der Waals surface area contributed by atoms with Crippen molar-refractivity contribution in [3.8, 4) is 23.0 Å². The number of nitrogens with one attached hydrogen (secondary N) is 1. The zero-order valence-electron chi connectivity index (χ0n) is 14.6. The van der Waals surface area contributed by atoms with E-state index in [1.54, 1.807) is 30.6 Å². The van der Waals surface area contributed by atoms with E-state index in [-0.39, 0.29) is 5.43 Å². The summed E-state index contributed by atoms with van der Waals surface area (Å²) >= 11 is 0. The molecule has 8 heteroatoms. The number of hydrogen-bond acceptors (Lipinski definition) is 6. The molecule has 8 nitrogen and oxygen atoms in total. The molecular weight excluding hydrogens is 344 g/mol. The third kappa shape index (κ3) is 2.42. The van der Waals surface area contributed by atoms with E-state index in [9.17, 15) is 4.79 Å². The van der Waals surface area contributed by atoms with Crippen LogP contribution in [0.5, 0.6) is 0 Å². The van der Waals surface area contributed by atoms with E-state index >= 15 is 0 Å². The minimum Gasteiger partial charge on any atom is -0.351 e. The van der Waals surface area contributed by atoms with Gasteiger partial charge in [-0.1, -0.05) is 17.3 Å². The predicted octanol–water partition coefficient (Wildman–Crippen LogP) is 2.90. The van der Waals surface area contributed by atoms with Crippen LogP contribution in [0.4, 0.5) is 0 Å². The monoisotopic (exact) mass is 358 g/mol. The first-order chi connectivity index (χ1) is 13.1. The Labute approximate surface area is 152 Å². The van der Waals surface area contributed by atoms with Gasteiger partial charge < -0.3 is 9.51 Å². The SMILES string of the molecule is Cc1noc(-c2ccc3nc(-c4[nH]c5ccccc5c(=O)c4C)nn3c2)n1. The molecule has 0 fully saturated rings. The molecule has 5 aromatic rings. The van der Waals surface area contributed by atoms with Gasteiger partial charge in [0, 0.05) is 22.7 Å². The van der Waals surface area contributed by atoms with Crippen LogP contribution >= 0.6 is 0 Å². The van der Waals surface area contributed by atoms with Crippen LogP contribution in [0.25, 0.3) is 39.5 Å². The molecule has 0 saturated heterocycles. The molecule has 4 heterocycles. The van der Waals surface area contributed by atoms with Crippen molar-refractivity contribution >= 4 is 16.6 Å². The summed E-state index contributed by atoms with van der Waals surface area (Å²) in [4.78, 5) is 24.7. The molecule has 0 radical (unpaired) electrons. The van der Waals surface area contributed by atoms with Crippen LogP contribution in [0.1, 0.15) is 11.4 Å². The van der Waals surface area contributed by atoms with Crippen molar-refractivity contribution in [2.45, 2.75) is 13.8 Å². The second-order valence-corrected chi connectivity index (χ2v) is 6.30. The normalized spacial score (nSPS) is 11.5. The molecular formula is C19H14N6O2. The number of H-pyrrole nitrogens is 1. The topological polar surface area (TPSA) is 102 Å². The van der Waals surface area contributed by atoms with Crippen molar-refractivity contribution in [1.29, 1.82) is 0 Å². The Morgan fingerprint density at radius 2 is 1.93 bits per heavy atom.